The van der Waals surface area contributed by atoms with Gasteiger partial charge in [0.2, 0.25) is 5.91 Å². The Morgan fingerprint density at radius 2 is 2.00 bits per heavy atom. The molecule has 1 saturated carbocycles. The van der Waals surface area contributed by atoms with Crippen molar-refractivity contribution in [3.63, 3.8) is 0 Å². The van der Waals surface area contributed by atoms with Gasteiger partial charge in [0.1, 0.15) is 0 Å². The van der Waals surface area contributed by atoms with Gasteiger partial charge in [0.15, 0.2) is 0 Å². The molecule has 0 saturated heterocycles. The first-order valence-electron chi connectivity index (χ1n) is 4.56. The summed E-state index contributed by atoms with van der Waals surface area (Å²) in [5, 5.41) is 13.3. The molecule has 1 amide bonds. The highest BCUT2D eigenvalue weighted by Crippen LogP contribution is 2.34. The summed E-state index contributed by atoms with van der Waals surface area (Å²) in [5.74, 6) is -0.522. The first-order valence-corrected chi connectivity index (χ1v) is 4.56. The average Bonchev–Trinajstić information content (AvgIpc) is 2.83. The van der Waals surface area contributed by atoms with E-state index in [-0.39, 0.29) is 13.2 Å². The van der Waals surface area contributed by atoms with Gasteiger partial charge in [-0.25, -0.2) is 0 Å². The highest BCUT2D eigenvalue weighted by atomic mass is 19.4. The Balaban J connectivity index is 2.14. The molecular formula is C8H13F3N2O2. The van der Waals surface area contributed by atoms with Crippen molar-refractivity contribution in [2.75, 3.05) is 19.7 Å². The minimum atomic E-state index is -4.31. The minimum absolute atomic E-state index is 0.169. The van der Waals surface area contributed by atoms with Crippen molar-refractivity contribution in [2.24, 2.45) is 0 Å². The molecule has 0 radical (unpaired) electrons. The molecule has 0 aromatic carbocycles. The van der Waals surface area contributed by atoms with Gasteiger partial charge in [-0.3, -0.25) is 4.79 Å². The Bertz CT molecular complexity index is 239. The number of hydrogen-bond donors (Lipinski definition) is 3. The summed E-state index contributed by atoms with van der Waals surface area (Å²) in [4.78, 5) is 11.1. The molecule has 0 bridgehead atoms. The van der Waals surface area contributed by atoms with Crippen LogP contribution in [0.4, 0.5) is 13.2 Å². The number of aliphatic hydroxyl groups is 1. The van der Waals surface area contributed by atoms with Crippen molar-refractivity contribution in [3.8, 4) is 0 Å². The quantitative estimate of drug-likeness (QED) is 0.607. The predicted octanol–water partition coefficient (Wildman–Crippen LogP) is -0.221. The number of hydrogen-bond acceptors (Lipinski definition) is 3. The van der Waals surface area contributed by atoms with Crippen LogP contribution in [0.5, 0.6) is 0 Å². The highest BCUT2D eigenvalue weighted by molar-refractivity contribution is 5.79. The first kappa shape index (κ1) is 12.3. The summed E-state index contributed by atoms with van der Waals surface area (Å²) in [6, 6.07) is 0. The lowest BCUT2D eigenvalue weighted by atomic mass is 10.3. The summed E-state index contributed by atoms with van der Waals surface area (Å²) >= 11 is 0. The third-order valence-corrected chi connectivity index (χ3v) is 2.17. The molecule has 0 aromatic rings. The Morgan fingerprint density at radius 1 is 1.40 bits per heavy atom. The zero-order valence-corrected chi connectivity index (χ0v) is 8.02. The van der Waals surface area contributed by atoms with E-state index < -0.39 is 24.2 Å². The van der Waals surface area contributed by atoms with Crippen LogP contribution in [0.15, 0.2) is 0 Å². The summed E-state index contributed by atoms with van der Waals surface area (Å²) in [5.41, 5.74) is -0.572. The standard InChI is InChI=1S/C8H13F3N2O2/c9-8(10,11)4-12-3-6(15)13-7(5-14)1-2-7/h12,14H,1-5H2,(H,13,15). The van der Waals surface area contributed by atoms with E-state index in [1.54, 1.807) is 0 Å². The van der Waals surface area contributed by atoms with Gasteiger partial charge in [0.05, 0.1) is 25.2 Å². The maximum atomic E-state index is 11.7. The number of aliphatic hydroxyl groups excluding tert-OH is 1. The molecule has 1 aliphatic rings. The Hall–Kier alpha value is -0.820. The molecule has 0 heterocycles. The Kier molecular flexibility index (Phi) is 3.56. The third-order valence-electron chi connectivity index (χ3n) is 2.17. The molecular weight excluding hydrogens is 213 g/mol. The molecule has 1 aliphatic carbocycles. The number of halogens is 3. The molecule has 15 heavy (non-hydrogen) atoms. The van der Waals surface area contributed by atoms with Gasteiger partial charge in [0, 0.05) is 0 Å². The fourth-order valence-electron chi connectivity index (χ4n) is 1.13. The zero-order chi connectivity index (χ0) is 11.5. The monoisotopic (exact) mass is 226 g/mol. The minimum Gasteiger partial charge on any atom is -0.394 e. The lowest BCUT2D eigenvalue weighted by molar-refractivity contribution is -0.129. The molecule has 4 nitrogen and oxygen atoms in total. The Labute approximate surface area is 84.8 Å². The number of alkyl halides is 3. The van der Waals surface area contributed by atoms with Crippen molar-refractivity contribution >= 4 is 5.91 Å². The molecule has 0 spiro atoms. The lowest BCUT2D eigenvalue weighted by Gasteiger charge is -2.14. The van der Waals surface area contributed by atoms with Gasteiger partial charge in [-0.15, -0.1) is 0 Å². The molecule has 0 aromatic heterocycles. The van der Waals surface area contributed by atoms with E-state index in [0.717, 1.165) is 0 Å². The summed E-state index contributed by atoms with van der Waals surface area (Å²) in [6.45, 7) is -1.74. The van der Waals surface area contributed by atoms with E-state index in [1.165, 1.54) is 0 Å². The maximum absolute atomic E-state index is 11.7. The van der Waals surface area contributed by atoms with Crippen molar-refractivity contribution in [2.45, 2.75) is 24.6 Å². The van der Waals surface area contributed by atoms with Gasteiger partial charge >= 0.3 is 6.18 Å². The van der Waals surface area contributed by atoms with E-state index in [0.29, 0.717) is 12.8 Å². The zero-order valence-electron chi connectivity index (χ0n) is 8.02. The van der Waals surface area contributed by atoms with Crippen LogP contribution in [0, 0.1) is 0 Å². The first-order chi connectivity index (χ1) is 6.87. The maximum Gasteiger partial charge on any atom is 0.401 e. The van der Waals surface area contributed by atoms with Crippen molar-refractivity contribution < 1.29 is 23.1 Å². The van der Waals surface area contributed by atoms with Crippen LogP contribution in [-0.2, 0) is 4.79 Å². The van der Waals surface area contributed by atoms with Crippen LogP contribution >= 0.6 is 0 Å². The van der Waals surface area contributed by atoms with E-state index in [9.17, 15) is 18.0 Å². The molecule has 7 heteroatoms. The number of rotatable bonds is 5. The summed E-state index contributed by atoms with van der Waals surface area (Å²) in [6.07, 6.45) is -2.96. The van der Waals surface area contributed by atoms with Crippen molar-refractivity contribution in [1.29, 1.82) is 0 Å². The van der Waals surface area contributed by atoms with Crippen LogP contribution in [0.1, 0.15) is 12.8 Å². The number of amides is 1. The SMILES string of the molecule is O=C(CNCC(F)(F)F)NC1(CO)CC1. The summed E-state index contributed by atoms with van der Waals surface area (Å²) < 4.78 is 35.1. The summed E-state index contributed by atoms with van der Waals surface area (Å²) in [7, 11) is 0. The molecule has 0 unspecified atom stereocenters. The van der Waals surface area contributed by atoms with Gasteiger partial charge in [0.25, 0.3) is 0 Å². The van der Waals surface area contributed by atoms with Crippen LogP contribution in [0.25, 0.3) is 0 Å². The topological polar surface area (TPSA) is 61.4 Å². The van der Waals surface area contributed by atoms with Crippen molar-refractivity contribution in [1.82, 2.24) is 10.6 Å². The van der Waals surface area contributed by atoms with E-state index in [2.05, 4.69) is 5.32 Å². The number of carbonyl (C=O) groups is 1. The molecule has 3 N–H and O–H groups in total. The van der Waals surface area contributed by atoms with Crippen LogP contribution in [-0.4, -0.2) is 42.4 Å². The molecule has 0 atom stereocenters. The lowest BCUT2D eigenvalue weighted by Crippen LogP contribution is -2.45. The molecule has 1 rings (SSSR count). The van der Waals surface area contributed by atoms with Gasteiger partial charge in [-0.1, -0.05) is 0 Å². The van der Waals surface area contributed by atoms with Gasteiger partial charge < -0.3 is 15.7 Å². The second-order valence-electron chi connectivity index (χ2n) is 3.71. The van der Waals surface area contributed by atoms with Crippen LogP contribution < -0.4 is 10.6 Å². The number of nitrogens with one attached hydrogen (secondary N) is 2. The fraction of sp³-hybridized carbons (Fsp3) is 0.875. The smallest absolute Gasteiger partial charge is 0.394 e. The second-order valence-corrected chi connectivity index (χ2v) is 3.71. The van der Waals surface area contributed by atoms with Crippen LogP contribution in [0.3, 0.4) is 0 Å². The van der Waals surface area contributed by atoms with Gasteiger partial charge in [-0.2, -0.15) is 13.2 Å². The molecule has 1 fully saturated rings. The van der Waals surface area contributed by atoms with Crippen LogP contribution in [0.2, 0.25) is 0 Å². The predicted molar refractivity (Wildman–Crippen MR) is 46.1 cm³/mol. The Morgan fingerprint density at radius 3 is 2.40 bits per heavy atom. The van der Waals surface area contributed by atoms with Gasteiger partial charge in [-0.05, 0) is 12.8 Å². The fourth-order valence-corrected chi connectivity index (χ4v) is 1.13. The molecule has 0 aliphatic heterocycles. The average molecular weight is 226 g/mol. The molecule has 88 valence electrons. The highest BCUT2D eigenvalue weighted by Gasteiger charge is 2.43. The normalized spacial score (nSPS) is 18.7. The van der Waals surface area contributed by atoms with Crippen molar-refractivity contribution in [3.05, 3.63) is 0 Å². The second kappa shape index (κ2) is 4.36. The third kappa shape index (κ3) is 4.48. The van der Waals surface area contributed by atoms with E-state index in [1.807, 2.05) is 5.32 Å². The largest absolute Gasteiger partial charge is 0.401 e. The van der Waals surface area contributed by atoms with E-state index >= 15 is 0 Å². The van der Waals surface area contributed by atoms with E-state index in [4.69, 9.17) is 5.11 Å². The number of carbonyl (C=O) groups excluding carboxylic acids is 1.